The molecule has 3 rings (SSSR count). The summed E-state index contributed by atoms with van der Waals surface area (Å²) < 4.78 is 0. The Kier molecular flexibility index (Phi) is 5.66. The van der Waals surface area contributed by atoms with Crippen LogP contribution in [0.4, 0.5) is 16.3 Å². The predicted octanol–water partition coefficient (Wildman–Crippen LogP) is 4.15. The molecule has 0 radical (unpaired) electrons. The second kappa shape index (κ2) is 8.34. The highest BCUT2D eigenvalue weighted by Gasteiger charge is 2.15. The lowest BCUT2D eigenvalue weighted by atomic mass is 9.96. The largest absolute Gasteiger partial charge is 0.380 e. The van der Waals surface area contributed by atoms with Crippen LogP contribution < -0.4 is 16.0 Å². The minimum Gasteiger partial charge on any atom is -0.380 e. The molecule has 0 saturated heterocycles. The number of nitrogens with zero attached hydrogens (tertiary/aromatic N) is 1. The number of nitrogens with one attached hydrogen (secondary N) is 3. The average molecular weight is 324 g/mol. The molecule has 0 atom stereocenters. The van der Waals surface area contributed by atoms with E-state index >= 15 is 0 Å². The number of hydrogen-bond donors (Lipinski definition) is 3. The van der Waals surface area contributed by atoms with Crippen molar-refractivity contribution in [1.82, 2.24) is 10.3 Å². The second-order valence-electron chi connectivity index (χ2n) is 6.20. The van der Waals surface area contributed by atoms with E-state index in [4.69, 9.17) is 0 Å². The van der Waals surface area contributed by atoms with Gasteiger partial charge in [-0.15, -0.1) is 0 Å². The highest BCUT2D eigenvalue weighted by atomic mass is 16.2. The number of rotatable bonds is 5. The number of carbonyl (C=O) groups is 1. The van der Waals surface area contributed by atoms with Gasteiger partial charge in [-0.05, 0) is 30.5 Å². The first-order valence-electron chi connectivity index (χ1n) is 8.61. The lowest BCUT2D eigenvalue weighted by molar-refractivity contribution is 0.244. The van der Waals surface area contributed by atoms with Crippen LogP contribution in [-0.4, -0.2) is 17.1 Å². The number of aromatic nitrogens is 1. The molecule has 0 aliphatic heterocycles. The summed E-state index contributed by atoms with van der Waals surface area (Å²) in [6.07, 6.45) is 7.56. The summed E-state index contributed by atoms with van der Waals surface area (Å²) in [6, 6.07) is 14.1. The number of hydrogen-bond acceptors (Lipinski definition) is 3. The van der Waals surface area contributed by atoms with Gasteiger partial charge in [0.15, 0.2) is 0 Å². The van der Waals surface area contributed by atoms with Gasteiger partial charge in [-0.3, -0.25) is 5.32 Å². The summed E-state index contributed by atoms with van der Waals surface area (Å²) in [5.74, 6) is 0.563. The average Bonchev–Trinajstić information content (AvgIpc) is 2.63. The molecule has 5 nitrogen and oxygen atoms in total. The normalized spacial score (nSPS) is 14.8. The first kappa shape index (κ1) is 16.3. The van der Waals surface area contributed by atoms with E-state index in [2.05, 4.69) is 33.1 Å². The van der Waals surface area contributed by atoms with Crippen molar-refractivity contribution in [3.8, 4) is 0 Å². The Morgan fingerprint density at radius 3 is 2.54 bits per heavy atom. The van der Waals surface area contributed by atoms with Gasteiger partial charge in [0.2, 0.25) is 0 Å². The van der Waals surface area contributed by atoms with Crippen LogP contribution in [0.5, 0.6) is 0 Å². The Labute approximate surface area is 142 Å². The van der Waals surface area contributed by atoms with E-state index in [9.17, 15) is 4.79 Å². The Hall–Kier alpha value is -2.56. The highest BCUT2D eigenvalue weighted by molar-refractivity contribution is 5.88. The molecule has 1 aliphatic carbocycles. The van der Waals surface area contributed by atoms with Crippen molar-refractivity contribution >= 4 is 17.5 Å². The van der Waals surface area contributed by atoms with Gasteiger partial charge in [0.1, 0.15) is 5.82 Å². The minimum absolute atomic E-state index is 0.167. The predicted molar refractivity (Wildman–Crippen MR) is 97.0 cm³/mol. The lowest BCUT2D eigenvalue weighted by Gasteiger charge is -2.22. The van der Waals surface area contributed by atoms with Crippen molar-refractivity contribution in [2.75, 3.05) is 10.6 Å². The van der Waals surface area contributed by atoms with Crippen LogP contribution in [0.3, 0.4) is 0 Å². The molecule has 0 bridgehead atoms. The topological polar surface area (TPSA) is 66.0 Å². The van der Waals surface area contributed by atoms with Crippen molar-refractivity contribution in [3.05, 3.63) is 54.2 Å². The molecule has 1 aliphatic rings. The smallest absolute Gasteiger partial charge is 0.320 e. The van der Waals surface area contributed by atoms with Crippen molar-refractivity contribution in [2.24, 2.45) is 0 Å². The zero-order valence-electron chi connectivity index (χ0n) is 13.8. The maximum atomic E-state index is 12.0. The van der Waals surface area contributed by atoms with Crippen molar-refractivity contribution in [1.29, 1.82) is 0 Å². The molecule has 24 heavy (non-hydrogen) atoms. The van der Waals surface area contributed by atoms with Gasteiger partial charge in [0, 0.05) is 12.6 Å². The molecule has 1 aromatic carbocycles. The Bertz CT molecular complexity index is 636. The first-order valence-corrected chi connectivity index (χ1v) is 8.61. The van der Waals surface area contributed by atoms with Crippen LogP contribution in [0, 0.1) is 0 Å². The number of carbonyl (C=O) groups excluding carboxylic acids is 1. The van der Waals surface area contributed by atoms with Gasteiger partial charge < -0.3 is 10.6 Å². The van der Waals surface area contributed by atoms with E-state index in [0.717, 1.165) is 25.1 Å². The van der Waals surface area contributed by atoms with E-state index in [0.29, 0.717) is 11.9 Å². The summed E-state index contributed by atoms with van der Waals surface area (Å²) in [7, 11) is 0. The quantitative estimate of drug-likeness (QED) is 0.774. The fourth-order valence-corrected chi connectivity index (χ4v) is 2.96. The van der Waals surface area contributed by atoms with Gasteiger partial charge in [-0.2, -0.15) is 0 Å². The fraction of sp³-hybridized carbons (Fsp3) is 0.368. The maximum absolute atomic E-state index is 12.0. The second-order valence-corrected chi connectivity index (χ2v) is 6.20. The summed E-state index contributed by atoms with van der Waals surface area (Å²) in [4.78, 5) is 16.3. The minimum atomic E-state index is -0.167. The van der Waals surface area contributed by atoms with Crippen LogP contribution >= 0.6 is 0 Å². The number of anilines is 2. The first-order chi connectivity index (χ1) is 11.8. The highest BCUT2D eigenvalue weighted by Crippen LogP contribution is 2.17. The van der Waals surface area contributed by atoms with Crippen LogP contribution in [0.15, 0.2) is 48.7 Å². The Morgan fingerprint density at radius 2 is 1.83 bits per heavy atom. The zero-order valence-corrected chi connectivity index (χ0v) is 13.8. The molecule has 1 fully saturated rings. The Morgan fingerprint density at radius 1 is 1.04 bits per heavy atom. The van der Waals surface area contributed by atoms with Gasteiger partial charge in [-0.25, -0.2) is 9.78 Å². The molecular formula is C19H24N4O. The number of benzene rings is 1. The summed E-state index contributed by atoms with van der Waals surface area (Å²) in [5.41, 5.74) is 2.14. The SMILES string of the molecule is O=C(Nc1ccc(NCc2ccccc2)cn1)NC1CCCCC1. The molecule has 1 heterocycles. The standard InChI is InChI=1S/C19H24N4O/c24-19(22-16-9-5-2-6-10-16)23-18-12-11-17(14-21-18)20-13-15-7-3-1-4-8-15/h1,3-4,7-8,11-12,14,16,20H,2,5-6,9-10,13H2,(H2,21,22,23,24). The molecule has 2 aromatic rings. The van der Waals surface area contributed by atoms with Crippen LogP contribution in [-0.2, 0) is 6.54 Å². The third kappa shape index (κ3) is 4.98. The maximum Gasteiger partial charge on any atom is 0.320 e. The van der Waals surface area contributed by atoms with Gasteiger partial charge >= 0.3 is 6.03 Å². The van der Waals surface area contributed by atoms with E-state index in [-0.39, 0.29) is 6.03 Å². The van der Waals surface area contributed by atoms with Gasteiger partial charge in [0.05, 0.1) is 11.9 Å². The van der Waals surface area contributed by atoms with Crippen molar-refractivity contribution in [2.45, 2.75) is 44.7 Å². The van der Waals surface area contributed by atoms with Gasteiger partial charge in [-0.1, -0.05) is 49.6 Å². The van der Waals surface area contributed by atoms with E-state index in [1.807, 2.05) is 30.3 Å². The molecular weight excluding hydrogens is 300 g/mol. The number of pyridine rings is 1. The molecule has 0 spiro atoms. The third-order valence-corrected chi connectivity index (χ3v) is 4.28. The monoisotopic (exact) mass is 324 g/mol. The lowest BCUT2D eigenvalue weighted by Crippen LogP contribution is -2.39. The van der Waals surface area contributed by atoms with Gasteiger partial charge in [0.25, 0.3) is 0 Å². The Balaban J connectivity index is 1.46. The molecule has 0 unspecified atom stereocenters. The summed E-state index contributed by atoms with van der Waals surface area (Å²) in [6.45, 7) is 0.747. The summed E-state index contributed by atoms with van der Waals surface area (Å²) >= 11 is 0. The molecule has 1 aromatic heterocycles. The molecule has 2 amide bonds. The fourth-order valence-electron chi connectivity index (χ4n) is 2.96. The molecule has 5 heteroatoms. The van der Waals surface area contributed by atoms with E-state index < -0.39 is 0 Å². The zero-order chi connectivity index (χ0) is 16.6. The van der Waals surface area contributed by atoms with E-state index in [1.165, 1.54) is 24.8 Å². The number of urea groups is 1. The third-order valence-electron chi connectivity index (χ3n) is 4.28. The van der Waals surface area contributed by atoms with Crippen molar-refractivity contribution < 1.29 is 4.79 Å². The van der Waals surface area contributed by atoms with E-state index in [1.54, 1.807) is 6.20 Å². The number of amides is 2. The van der Waals surface area contributed by atoms with Crippen LogP contribution in [0.25, 0.3) is 0 Å². The summed E-state index contributed by atoms with van der Waals surface area (Å²) in [5, 5.41) is 9.14. The van der Waals surface area contributed by atoms with Crippen LogP contribution in [0.1, 0.15) is 37.7 Å². The molecule has 3 N–H and O–H groups in total. The molecule has 1 saturated carbocycles. The molecule has 126 valence electrons. The van der Waals surface area contributed by atoms with Crippen molar-refractivity contribution in [3.63, 3.8) is 0 Å². The van der Waals surface area contributed by atoms with Crippen LogP contribution in [0.2, 0.25) is 0 Å².